The second-order valence-electron chi connectivity index (χ2n) is 6.34. The topological polar surface area (TPSA) is 36.4 Å². The van der Waals surface area contributed by atoms with Gasteiger partial charge in [-0.25, -0.2) is 0 Å². The third-order valence-electron chi connectivity index (χ3n) is 4.82. The van der Waals surface area contributed by atoms with E-state index in [-0.39, 0.29) is 5.91 Å². The molecule has 21 heavy (non-hydrogen) atoms. The molecule has 1 aromatic heterocycles. The fourth-order valence-electron chi connectivity index (χ4n) is 3.19. The van der Waals surface area contributed by atoms with Gasteiger partial charge in [0.15, 0.2) is 0 Å². The van der Waals surface area contributed by atoms with Gasteiger partial charge in [-0.15, -0.1) is 0 Å². The first-order chi connectivity index (χ1) is 10.2. The molecule has 2 heterocycles. The van der Waals surface area contributed by atoms with Crippen LogP contribution in [0.4, 0.5) is 0 Å². The van der Waals surface area contributed by atoms with Gasteiger partial charge in [-0.2, -0.15) is 0 Å². The first kappa shape index (κ1) is 14.5. The highest BCUT2D eigenvalue weighted by Gasteiger charge is 2.34. The number of likely N-dealkylation sites (N-methyl/N-ethyl adjacent to an activating group) is 1. The highest BCUT2D eigenvalue weighted by Crippen LogP contribution is 2.30. The minimum Gasteiger partial charge on any atom is -0.337 e. The number of likely N-dealkylation sites (tertiary alicyclic amines) is 1. The van der Waals surface area contributed by atoms with Gasteiger partial charge < -0.3 is 4.90 Å². The number of hydrogen-bond acceptors (Lipinski definition) is 3. The molecule has 2 aliphatic rings. The van der Waals surface area contributed by atoms with Crippen LogP contribution in [-0.4, -0.2) is 52.9 Å². The minimum absolute atomic E-state index is 0.138. The van der Waals surface area contributed by atoms with E-state index < -0.39 is 0 Å². The Morgan fingerprint density at radius 1 is 1.33 bits per heavy atom. The predicted octanol–water partition coefficient (Wildman–Crippen LogP) is 2.34. The van der Waals surface area contributed by atoms with Crippen molar-refractivity contribution in [2.24, 2.45) is 0 Å². The summed E-state index contributed by atoms with van der Waals surface area (Å²) < 4.78 is 0. The monoisotopic (exact) mass is 287 g/mol. The maximum atomic E-state index is 12.6. The van der Waals surface area contributed by atoms with E-state index in [1.165, 1.54) is 19.3 Å². The van der Waals surface area contributed by atoms with E-state index >= 15 is 0 Å². The molecule has 3 rings (SSSR count). The van der Waals surface area contributed by atoms with Crippen molar-refractivity contribution in [3.63, 3.8) is 0 Å². The van der Waals surface area contributed by atoms with Crippen molar-refractivity contribution in [2.45, 2.75) is 51.1 Å². The van der Waals surface area contributed by atoms with Crippen molar-refractivity contribution in [1.82, 2.24) is 14.8 Å². The number of piperidine rings is 1. The molecule has 1 saturated heterocycles. The summed E-state index contributed by atoms with van der Waals surface area (Å²) >= 11 is 0. The zero-order valence-corrected chi connectivity index (χ0v) is 13.1. The van der Waals surface area contributed by atoms with E-state index in [0.717, 1.165) is 43.2 Å². The number of amides is 1. The number of aryl methyl sites for hydroxylation is 1. The van der Waals surface area contributed by atoms with Crippen LogP contribution in [0.2, 0.25) is 0 Å². The summed E-state index contributed by atoms with van der Waals surface area (Å²) in [5, 5.41) is 0. The molecular weight excluding hydrogens is 262 g/mol. The molecule has 1 aromatic rings. The van der Waals surface area contributed by atoms with Gasteiger partial charge in [0.05, 0.1) is 5.56 Å². The standard InChI is InChI=1S/C17H25N3O/c1-3-14-7-6-13(11-18-14)17(21)20-10-4-5-16(12-20)19(2)15-8-9-15/h6-7,11,15-16H,3-5,8-10,12H2,1-2H3. The fourth-order valence-corrected chi connectivity index (χ4v) is 3.19. The molecule has 2 fully saturated rings. The van der Waals surface area contributed by atoms with Gasteiger partial charge >= 0.3 is 0 Å². The number of rotatable bonds is 4. The Morgan fingerprint density at radius 3 is 2.76 bits per heavy atom. The zero-order valence-electron chi connectivity index (χ0n) is 13.1. The van der Waals surface area contributed by atoms with Crippen molar-refractivity contribution in [1.29, 1.82) is 0 Å². The lowest BCUT2D eigenvalue weighted by molar-refractivity contribution is 0.0600. The lowest BCUT2D eigenvalue weighted by Crippen LogP contribution is -2.49. The van der Waals surface area contributed by atoms with Gasteiger partial charge in [0, 0.05) is 37.1 Å². The minimum atomic E-state index is 0.138. The van der Waals surface area contributed by atoms with Crippen molar-refractivity contribution >= 4 is 5.91 Å². The largest absolute Gasteiger partial charge is 0.337 e. The molecule has 0 spiro atoms. The molecule has 1 saturated carbocycles. The number of carbonyl (C=O) groups excluding carboxylic acids is 1. The van der Waals surface area contributed by atoms with Crippen LogP contribution in [0.1, 0.15) is 48.7 Å². The molecule has 0 N–H and O–H groups in total. The van der Waals surface area contributed by atoms with Gasteiger partial charge in [0.1, 0.15) is 0 Å². The predicted molar refractivity (Wildman–Crippen MR) is 83.3 cm³/mol. The summed E-state index contributed by atoms with van der Waals surface area (Å²) in [6, 6.07) is 5.17. The van der Waals surface area contributed by atoms with Crippen LogP contribution in [0.15, 0.2) is 18.3 Å². The van der Waals surface area contributed by atoms with E-state index in [1.54, 1.807) is 6.20 Å². The van der Waals surface area contributed by atoms with E-state index in [2.05, 4.69) is 23.9 Å². The molecule has 4 heteroatoms. The molecule has 1 aliphatic heterocycles. The molecule has 1 aliphatic carbocycles. The zero-order chi connectivity index (χ0) is 14.8. The molecule has 1 amide bonds. The highest BCUT2D eigenvalue weighted by atomic mass is 16.2. The van der Waals surface area contributed by atoms with Crippen LogP contribution < -0.4 is 0 Å². The number of aromatic nitrogens is 1. The molecule has 1 unspecified atom stereocenters. The lowest BCUT2D eigenvalue weighted by Gasteiger charge is -2.37. The lowest BCUT2D eigenvalue weighted by atomic mass is 10.0. The third-order valence-corrected chi connectivity index (χ3v) is 4.82. The molecular formula is C17H25N3O. The first-order valence-electron chi connectivity index (χ1n) is 8.15. The second-order valence-corrected chi connectivity index (χ2v) is 6.34. The summed E-state index contributed by atoms with van der Waals surface area (Å²) in [7, 11) is 2.22. The molecule has 4 nitrogen and oxygen atoms in total. The molecule has 0 radical (unpaired) electrons. The number of pyridine rings is 1. The maximum Gasteiger partial charge on any atom is 0.255 e. The van der Waals surface area contributed by atoms with Gasteiger partial charge in [-0.05, 0) is 51.3 Å². The van der Waals surface area contributed by atoms with E-state index in [1.807, 2.05) is 17.0 Å². The molecule has 0 bridgehead atoms. The molecule has 0 aromatic carbocycles. The highest BCUT2D eigenvalue weighted by molar-refractivity contribution is 5.94. The summed E-state index contributed by atoms with van der Waals surface area (Å²) in [5.41, 5.74) is 1.76. The van der Waals surface area contributed by atoms with Crippen LogP contribution in [-0.2, 0) is 6.42 Å². The Labute approximate surface area is 127 Å². The van der Waals surface area contributed by atoms with Crippen molar-refractivity contribution in [3.05, 3.63) is 29.6 Å². The van der Waals surface area contributed by atoms with E-state index in [0.29, 0.717) is 6.04 Å². The number of carbonyl (C=O) groups is 1. The van der Waals surface area contributed by atoms with Gasteiger partial charge in [-0.3, -0.25) is 14.7 Å². The smallest absolute Gasteiger partial charge is 0.255 e. The van der Waals surface area contributed by atoms with Crippen molar-refractivity contribution in [3.8, 4) is 0 Å². The summed E-state index contributed by atoms with van der Waals surface area (Å²) in [6.07, 6.45) is 7.60. The Balaban J connectivity index is 1.65. The first-order valence-corrected chi connectivity index (χ1v) is 8.15. The Bertz CT molecular complexity index is 495. The average molecular weight is 287 g/mol. The van der Waals surface area contributed by atoms with Crippen molar-refractivity contribution < 1.29 is 4.79 Å². The van der Waals surface area contributed by atoms with Crippen LogP contribution in [0.5, 0.6) is 0 Å². The summed E-state index contributed by atoms with van der Waals surface area (Å²) in [5.74, 6) is 0.138. The maximum absolute atomic E-state index is 12.6. The Morgan fingerprint density at radius 2 is 2.14 bits per heavy atom. The normalized spacial score (nSPS) is 22.6. The van der Waals surface area contributed by atoms with E-state index in [4.69, 9.17) is 0 Å². The second kappa shape index (κ2) is 6.14. The quantitative estimate of drug-likeness (QED) is 0.853. The van der Waals surface area contributed by atoms with Crippen LogP contribution in [0, 0.1) is 0 Å². The fraction of sp³-hybridized carbons (Fsp3) is 0.647. The number of hydrogen-bond donors (Lipinski definition) is 0. The number of nitrogens with zero attached hydrogens (tertiary/aromatic N) is 3. The van der Waals surface area contributed by atoms with Gasteiger partial charge in [0.2, 0.25) is 0 Å². The van der Waals surface area contributed by atoms with Crippen LogP contribution >= 0.6 is 0 Å². The summed E-state index contributed by atoms with van der Waals surface area (Å²) in [4.78, 5) is 21.5. The Hall–Kier alpha value is -1.42. The Kier molecular flexibility index (Phi) is 4.24. The van der Waals surface area contributed by atoms with Gasteiger partial charge in [0.25, 0.3) is 5.91 Å². The van der Waals surface area contributed by atoms with Gasteiger partial charge in [-0.1, -0.05) is 6.92 Å². The summed E-state index contributed by atoms with van der Waals surface area (Å²) in [6.45, 7) is 3.82. The SMILES string of the molecule is CCc1ccc(C(=O)N2CCCC(N(C)C3CC3)C2)cn1. The van der Waals surface area contributed by atoms with Crippen LogP contribution in [0.3, 0.4) is 0 Å². The average Bonchev–Trinajstić information content (AvgIpc) is 3.38. The van der Waals surface area contributed by atoms with E-state index in [9.17, 15) is 4.79 Å². The molecule has 1 atom stereocenters. The third kappa shape index (κ3) is 3.26. The van der Waals surface area contributed by atoms with Crippen molar-refractivity contribution in [2.75, 3.05) is 20.1 Å². The molecule has 114 valence electrons. The van der Waals surface area contributed by atoms with Crippen LogP contribution in [0.25, 0.3) is 0 Å².